The summed E-state index contributed by atoms with van der Waals surface area (Å²) in [5, 5.41) is 6.47. The Morgan fingerprint density at radius 3 is 2.32 bits per heavy atom. The van der Waals surface area contributed by atoms with Gasteiger partial charge >= 0.3 is 0 Å². The van der Waals surface area contributed by atoms with Crippen LogP contribution in [0.1, 0.15) is 45.4 Å². The number of nitrogens with zero attached hydrogens (tertiary/aromatic N) is 2. The van der Waals surface area contributed by atoms with Gasteiger partial charge in [-0.05, 0) is 51.0 Å². The van der Waals surface area contributed by atoms with Crippen LogP contribution in [0, 0.1) is 5.92 Å². The molecule has 6 nitrogen and oxygen atoms in total. The highest BCUT2D eigenvalue weighted by atomic mass is 35.5. The van der Waals surface area contributed by atoms with E-state index in [-0.39, 0.29) is 30.3 Å². The van der Waals surface area contributed by atoms with Crippen molar-refractivity contribution in [2.75, 3.05) is 39.3 Å². The molecule has 2 aliphatic heterocycles. The predicted octanol–water partition coefficient (Wildman–Crippen LogP) is 0.999. The monoisotopic (exact) mass is 372 g/mol. The SMILES string of the molecule is CC1CCC(NC(=O)CN2CCN(C(=O)[C@@H]3CCCN3)CC2)CC1.Cl. The molecule has 0 aromatic heterocycles. The van der Waals surface area contributed by atoms with Gasteiger partial charge in [0.1, 0.15) is 0 Å². The lowest BCUT2D eigenvalue weighted by atomic mass is 9.87. The van der Waals surface area contributed by atoms with E-state index in [0.717, 1.165) is 64.3 Å². The molecule has 0 unspecified atom stereocenters. The normalized spacial score (nSPS) is 30.6. The molecular weight excluding hydrogens is 340 g/mol. The van der Waals surface area contributed by atoms with E-state index in [4.69, 9.17) is 0 Å². The summed E-state index contributed by atoms with van der Waals surface area (Å²) in [6, 6.07) is 0.388. The number of hydrogen-bond acceptors (Lipinski definition) is 4. The van der Waals surface area contributed by atoms with E-state index in [2.05, 4.69) is 22.5 Å². The molecule has 2 N–H and O–H groups in total. The van der Waals surface area contributed by atoms with Gasteiger partial charge < -0.3 is 15.5 Å². The van der Waals surface area contributed by atoms with E-state index in [1.165, 1.54) is 12.8 Å². The predicted molar refractivity (Wildman–Crippen MR) is 101 cm³/mol. The molecule has 3 aliphatic rings. The second kappa shape index (κ2) is 9.74. The number of halogens is 1. The molecule has 0 aromatic carbocycles. The molecule has 25 heavy (non-hydrogen) atoms. The van der Waals surface area contributed by atoms with Gasteiger partial charge in [0, 0.05) is 32.2 Å². The first-order valence-electron chi connectivity index (χ1n) is 9.65. The second-order valence-corrected chi connectivity index (χ2v) is 7.77. The van der Waals surface area contributed by atoms with Crippen molar-refractivity contribution < 1.29 is 9.59 Å². The zero-order valence-corrected chi connectivity index (χ0v) is 16.2. The summed E-state index contributed by atoms with van der Waals surface area (Å²) < 4.78 is 0. The maximum atomic E-state index is 12.4. The van der Waals surface area contributed by atoms with Crippen molar-refractivity contribution >= 4 is 24.2 Å². The lowest BCUT2D eigenvalue weighted by Gasteiger charge is -2.36. The number of carbonyl (C=O) groups is 2. The lowest BCUT2D eigenvalue weighted by molar-refractivity contribution is -0.135. The summed E-state index contributed by atoms with van der Waals surface area (Å²) >= 11 is 0. The van der Waals surface area contributed by atoms with Gasteiger partial charge in [0.2, 0.25) is 11.8 Å². The molecule has 2 amide bonds. The third-order valence-electron chi connectivity index (χ3n) is 5.79. The molecule has 144 valence electrons. The van der Waals surface area contributed by atoms with Crippen molar-refractivity contribution in [3.05, 3.63) is 0 Å². The summed E-state index contributed by atoms with van der Waals surface area (Å²) in [6.45, 7) is 6.80. The third kappa shape index (κ3) is 5.83. The number of piperazine rings is 1. The Labute approximate surface area is 157 Å². The molecule has 2 heterocycles. The van der Waals surface area contributed by atoms with Crippen molar-refractivity contribution in [2.45, 2.75) is 57.5 Å². The van der Waals surface area contributed by atoms with Gasteiger partial charge in [0.05, 0.1) is 12.6 Å². The largest absolute Gasteiger partial charge is 0.352 e. The Balaban J connectivity index is 0.00000225. The van der Waals surface area contributed by atoms with Gasteiger partial charge in [-0.1, -0.05) is 6.92 Å². The third-order valence-corrected chi connectivity index (χ3v) is 5.79. The van der Waals surface area contributed by atoms with Crippen LogP contribution in [0.25, 0.3) is 0 Å². The summed E-state index contributed by atoms with van der Waals surface area (Å²) in [5.74, 6) is 1.19. The van der Waals surface area contributed by atoms with Crippen LogP contribution < -0.4 is 10.6 Å². The van der Waals surface area contributed by atoms with Crippen molar-refractivity contribution in [1.29, 1.82) is 0 Å². The fourth-order valence-corrected chi connectivity index (χ4v) is 4.12. The topological polar surface area (TPSA) is 64.7 Å². The Kier molecular flexibility index (Phi) is 7.97. The standard InChI is InChI=1S/C18H32N4O2.ClH/c1-14-4-6-15(7-5-14)20-17(23)13-21-9-11-22(12-10-21)18(24)16-3-2-8-19-16;/h14-16,19H,2-13H2,1H3,(H,20,23);1H/t14?,15?,16-;/m0./s1. The van der Waals surface area contributed by atoms with Crippen LogP contribution in [0.2, 0.25) is 0 Å². The van der Waals surface area contributed by atoms with Gasteiger partial charge in [0.15, 0.2) is 0 Å². The van der Waals surface area contributed by atoms with E-state index in [9.17, 15) is 9.59 Å². The summed E-state index contributed by atoms with van der Waals surface area (Å²) in [6.07, 6.45) is 6.73. The summed E-state index contributed by atoms with van der Waals surface area (Å²) in [5.41, 5.74) is 0. The Morgan fingerprint density at radius 2 is 1.72 bits per heavy atom. The zero-order valence-electron chi connectivity index (χ0n) is 15.3. The van der Waals surface area contributed by atoms with Crippen LogP contribution in [0.15, 0.2) is 0 Å². The highest BCUT2D eigenvalue weighted by Gasteiger charge is 2.29. The maximum absolute atomic E-state index is 12.4. The second-order valence-electron chi connectivity index (χ2n) is 7.77. The average Bonchev–Trinajstić information content (AvgIpc) is 3.11. The van der Waals surface area contributed by atoms with Crippen molar-refractivity contribution in [2.24, 2.45) is 5.92 Å². The van der Waals surface area contributed by atoms with Crippen LogP contribution in [-0.4, -0.2) is 73.0 Å². The van der Waals surface area contributed by atoms with Crippen LogP contribution in [-0.2, 0) is 9.59 Å². The molecular formula is C18H33ClN4O2. The van der Waals surface area contributed by atoms with Gasteiger partial charge in [-0.3, -0.25) is 14.5 Å². The van der Waals surface area contributed by atoms with E-state index in [0.29, 0.717) is 12.6 Å². The van der Waals surface area contributed by atoms with E-state index in [1.807, 2.05) is 4.90 Å². The lowest BCUT2D eigenvalue weighted by Crippen LogP contribution is -2.54. The van der Waals surface area contributed by atoms with Gasteiger partial charge in [-0.15, -0.1) is 12.4 Å². The van der Waals surface area contributed by atoms with Crippen LogP contribution in [0.5, 0.6) is 0 Å². The van der Waals surface area contributed by atoms with Gasteiger partial charge in [-0.2, -0.15) is 0 Å². The number of hydrogen-bond donors (Lipinski definition) is 2. The van der Waals surface area contributed by atoms with Gasteiger partial charge in [0.25, 0.3) is 0 Å². The van der Waals surface area contributed by atoms with Crippen molar-refractivity contribution in [3.63, 3.8) is 0 Å². The molecule has 1 saturated carbocycles. The van der Waals surface area contributed by atoms with E-state index >= 15 is 0 Å². The minimum atomic E-state index is 0. The number of nitrogens with one attached hydrogen (secondary N) is 2. The van der Waals surface area contributed by atoms with Crippen LogP contribution in [0.3, 0.4) is 0 Å². The molecule has 0 aromatic rings. The molecule has 0 bridgehead atoms. The average molecular weight is 373 g/mol. The Morgan fingerprint density at radius 1 is 1.04 bits per heavy atom. The molecule has 3 rings (SSSR count). The Bertz CT molecular complexity index is 440. The number of amides is 2. The number of rotatable bonds is 4. The minimum Gasteiger partial charge on any atom is -0.352 e. The highest BCUT2D eigenvalue weighted by molar-refractivity contribution is 5.85. The molecule has 3 fully saturated rings. The molecule has 1 aliphatic carbocycles. The summed E-state index contributed by atoms with van der Waals surface area (Å²) in [4.78, 5) is 28.8. The van der Waals surface area contributed by atoms with Crippen LogP contribution >= 0.6 is 12.4 Å². The molecule has 2 saturated heterocycles. The smallest absolute Gasteiger partial charge is 0.239 e. The molecule has 0 radical (unpaired) electrons. The zero-order chi connectivity index (χ0) is 16.9. The Hall–Kier alpha value is -0.850. The quantitative estimate of drug-likeness (QED) is 0.772. The van der Waals surface area contributed by atoms with Gasteiger partial charge in [-0.25, -0.2) is 0 Å². The van der Waals surface area contributed by atoms with E-state index < -0.39 is 0 Å². The van der Waals surface area contributed by atoms with Crippen molar-refractivity contribution in [1.82, 2.24) is 20.4 Å². The fourth-order valence-electron chi connectivity index (χ4n) is 4.12. The minimum absolute atomic E-state index is 0. The summed E-state index contributed by atoms with van der Waals surface area (Å²) in [7, 11) is 0. The molecule has 1 atom stereocenters. The number of carbonyl (C=O) groups excluding carboxylic acids is 2. The first-order chi connectivity index (χ1) is 11.6. The highest BCUT2D eigenvalue weighted by Crippen LogP contribution is 2.23. The first kappa shape index (κ1) is 20.5. The van der Waals surface area contributed by atoms with Crippen molar-refractivity contribution in [3.8, 4) is 0 Å². The van der Waals surface area contributed by atoms with E-state index in [1.54, 1.807) is 0 Å². The fraction of sp³-hybridized carbons (Fsp3) is 0.889. The molecule has 7 heteroatoms. The first-order valence-corrected chi connectivity index (χ1v) is 9.65. The maximum Gasteiger partial charge on any atom is 0.239 e. The molecule has 0 spiro atoms. The van der Waals surface area contributed by atoms with Crippen LogP contribution in [0.4, 0.5) is 0 Å².